The highest BCUT2D eigenvalue weighted by Crippen LogP contribution is 1.91. The Hall–Kier alpha value is -0.970. The Morgan fingerprint density at radius 1 is 1.62 bits per heavy atom. The van der Waals surface area contributed by atoms with Gasteiger partial charge in [0.25, 0.3) is 5.91 Å². The normalized spacial score (nSPS) is 9.00. The average Bonchev–Trinajstić information content (AvgIpc) is 2.05. The molecule has 0 unspecified atom stereocenters. The van der Waals surface area contributed by atoms with Crippen LogP contribution in [0, 0.1) is 0 Å². The average molecular weight is 249 g/mol. The molecule has 0 fully saturated rings. The van der Waals surface area contributed by atoms with E-state index >= 15 is 0 Å². The van der Waals surface area contributed by atoms with Crippen LogP contribution >= 0.6 is 0 Å². The quantitative estimate of drug-likeness (QED) is 0.572. The van der Waals surface area contributed by atoms with Crippen molar-refractivity contribution in [3.8, 4) is 0 Å². The third-order valence-electron chi connectivity index (χ3n) is 1.49. The molecular weight excluding hydrogens is 239 g/mol. The summed E-state index contributed by atoms with van der Waals surface area (Å²) in [6, 6.07) is 3.26. The van der Waals surface area contributed by atoms with Gasteiger partial charge in [-0.05, 0) is 6.07 Å². The Kier molecular flexibility index (Phi) is 5.22. The van der Waals surface area contributed by atoms with E-state index in [4.69, 9.17) is 5.73 Å². The lowest BCUT2D eigenvalue weighted by Gasteiger charge is -1.94. The van der Waals surface area contributed by atoms with Crippen molar-refractivity contribution >= 4 is 5.91 Å². The van der Waals surface area contributed by atoms with Crippen molar-refractivity contribution in [2.45, 2.75) is 6.54 Å². The van der Waals surface area contributed by atoms with Crippen LogP contribution < -0.4 is 27.3 Å². The molecule has 0 bridgehead atoms. The topological polar surface area (TPSA) is 47.0 Å². The molecule has 1 amide bonds. The van der Waals surface area contributed by atoms with Crippen LogP contribution in [0.15, 0.2) is 24.5 Å². The number of halogens is 2. The lowest BCUT2D eigenvalue weighted by atomic mass is 10.3. The van der Waals surface area contributed by atoms with Crippen LogP contribution in [0.1, 0.15) is 10.4 Å². The molecule has 3 nitrogen and oxygen atoms in total. The van der Waals surface area contributed by atoms with E-state index in [9.17, 15) is 9.18 Å². The number of carbonyl (C=O) groups excluding carboxylic acids is 1. The van der Waals surface area contributed by atoms with Crippen molar-refractivity contribution in [2.75, 3.05) is 6.67 Å². The first-order valence-corrected chi connectivity index (χ1v) is 3.59. The largest absolute Gasteiger partial charge is 1.00 e. The van der Waals surface area contributed by atoms with Crippen LogP contribution in [-0.2, 0) is 6.54 Å². The summed E-state index contributed by atoms with van der Waals surface area (Å²) in [7, 11) is 0. The second-order valence-corrected chi connectivity index (χ2v) is 2.38. The zero-order chi connectivity index (χ0) is 8.97. The van der Waals surface area contributed by atoms with E-state index in [-0.39, 0.29) is 23.5 Å². The van der Waals surface area contributed by atoms with Gasteiger partial charge in [-0.3, -0.25) is 4.79 Å². The van der Waals surface area contributed by atoms with Crippen molar-refractivity contribution < 1.29 is 30.7 Å². The minimum Gasteiger partial charge on any atom is -1.00 e. The first kappa shape index (κ1) is 12.0. The van der Waals surface area contributed by atoms with E-state index in [1.54, 1.807) is 22.9 Å². The van der Waals surface area contributed by atoms with Crippen LogP contribution in [0.5, 0.6) is 0 Å². The van der Waals surface area contributed by atoms with Crippen LogP contribution in [0.4, 0.5) is 4.39 Å². The zero-order valence-corrected chi connectivity index (χ0v) is 8.50. The lowest BCUT2D eigenvalue weighted by Crippen LogP contribution is -3.00. The first-order chi connectivity index (χ1) is 5.74. The van der Waals surface area contributed by atoms with Gasteiger partial charge in [0.1, 0.15) is 12.2 Å². The number of hydrogen-bond acceptors (Lipinski definition) is 1. The summed E-state index contributed by atoms with van der Waals surface area (Å²) >= 11 is 0. The number of carbonyl (C=O) groups is 1. The molecule has 13 heavy (non-hydrogen) atoms. The third-order valence-corrected chi connectivity index (χ3v) is 1.49. The van der Waals surface area contributed by atoms with E-state index in [2.05, 4.69) is 0 Å². The van der Waals surface area contributed by atoms with Crippen LogP contribution in [0.3, 0.4) is 0 Å². The van der Waals surface area contributed by atoms with E-state index in [1.807, 2.05) is 0 Å². The minimum atomic E-state index is -0.497. The molecular formula is C8H10BrFN2O. The highest BCUT2D eigenvalue weighted by molar-refractivity contribution is 5.92. The molecule has 0 saturated carbocycles. The maximum atomic E-state index is 11.9. The Labute approximate surface area is 86.1 Å². The van der Waals surface area contributed by atoms with E-state index < -0.39 is 12.6 Å². The SMILES string of the molecule is NC(=O)c1ccc[n+](CCF)c1.[Br-]. The summed E-state index contributed by atoms with van der Waals surface area (Å²) in [5.41, 5.74) is 5.43. The molecule has 0 aliphatic rings. The van der Waals surface area contributed by atoms with Gasteiger partial charge in [0.15, 0.2) is 18.9 Å². The maximum absolute atomic E-state index is 11.9. The van der Waals surface area contributed by atoms with E-state index in [0.29, 0.717) is 5.56 Å². The fraction of sp³-hybridized carbons (Fsp3) is 0.250. The maximum Gasteiger partial charge on any atom is 0.254 e. The van der Waals surface area contributed by atoms with E-state index in [1.165, 1.54) is 6.20 Å². The summed E-state index contributed by atoms with van der Waals surface area (Å²) in [4.78, 5) is 10.7. The molecule has 0 aromatic carbocycles. The minimum absolute atomic E-state index is 0. The van der Waals surface area contributed by atoms with Gasteiger partial charge >= 0.3 is 0 Å². The molecule has 72 valence electrons. The smallest absolute Gasteiger partial charge is 0.254 e. The van der Waals surface area contributed by atoms with Crippen molar-refractivity contribution in [3.63, 3.8) is 0 Å². The van der Waals surface area contributed by atoms with Crippen LogP contribution in [0.2, 0.25) is 0 Å². The van der Waals surface area contributed by atoms with Crippen LogP contribution in [0.25, 0.3) is 0 Å². The molecule has 0 aliphatic heterocycles. The zero-order valence-electron chi connectivity index (χ0n) is 6.91. The van der Waals surface area contributed by atoms with Gasteiger partial charge in [-0.1, -0.05) is 0 Å². The summed E-state index contributed by atoms with van der Waals surface area (Å²) in [5.74, 6) is -0.497. The number of amides is 1. The molecule has 1 aromatic heterocycles. The van der Waals surface area contributed by atoms with Crippen molar-refractivity contribution in [1.82, 2.24) is 0 Å². The van der Waals surface area contributed by atoms with E-state index in [0.717, 1.165) is 0 Å². The molecule has 1 rings (SSSR count). The summed E-state index contributed by atoms with van der Waals surface area (Å²) < 4.78 is 13.5. The Balaban J connectivity index is 0.00000144. The number of pyridine rings is 1. The van der Waals surface area contributed by atoms with Crippen LogP contribution in [-0.4, -0.2) is 12.6 Å². The standard InChI is InChI=1S/C8H9FN2O.BrH/c9-3-5-11-4-1-2-7(6-11)8(10)12;/h1-2,4,6H,3,5H2,(H-,10,12);1H. The number of hydrogen-bond donors (Lipinski definition) is 1. The summed E-state index contributed by atoms with van der Waals surface area (Å²) in [6.45, 7) is -0.200. The molecule has 1 aromatic rings. The third kappa shape index (κ3) is 3.50. The van der Waals surface area contributed by atoms with Gasteiger partial charge in [-0.15, -0.1) is 0 Å². The second-order valence-electron chi connectivity index (χ2n) is 2.38. The number of nitrogens with two attached hydrogens (primary N) is 1. The van der Waals surface area contributed by atoms with Gasteiger partial charge in [0.05, 0.1) is 0 Å². The predicted molar refractivity (Wildman–Crippen MR) is 41.1 cm³/mol. The number of alkyl halides is 1. The molecule has 0 spiro atoms. The molecule has 0 radical (unpaired) electrons. The Morgan fingerprint density at radius 2 is 2.31 bits per heavy atom. The molecule has 1 heterocycles. The monoisotopic (exact) mass is 248 g/mol. The second kappa shape index (κ2) is 5.64. The first-order valence-electron chi connectivity index (χ1n) is 3.59. The number of rotatable bonds is 3. The molecule has 2 N–H and O–H groups in total. The molecule has 5 heteroatoms. The number of nitrogens with zero attached hydrogens (tertiary/aromatic N) is 1. The number of aromatic nitrogens is 1. The Bertz CT molecular complexity index is 293. The highest BCUT2D eigenvalue weighted by atomic mass is 79.9. The van der Waals surface area contributed by atoms with Gasteiger partial charge in [-0.2, -0.15) is 0 Å². The Morgan fingerprint density at radius 3 is 2.85 bits per heavy atom. The van der Waals surface area contributed by atoms with Crippen molar-refractivity contribution in [1.29, 1.82) is 0 Å². The van der Waals surface area contributed by atoms with Gasteiger partial charge in [0, 0.05) is 6.07 Å². The highest BCUT2D eigenvalue weighted by Gasteiger charge is 2.05. The summed E-state index contributed by atoms with van der Waals surface area (Å²) in [5, 5.41) is 0. The predicted octanol–water partition coefficient (Wildman–Crippen LogP) is -2.95. The lowest BCUT2D eigenvalue weighted by molar-refractivity contribution is -0.697. The molecule has 0 aliphatic carbocycles. The van der Waals surface area contributed by atoms with Gasteiger partial charge in [-0.25, -0.2) is 8.96 Å². The van der Waals surface area contributed by atoms with Gasteiger partial charge in [0.2, 0.25) is 0 Å². The fourth-order valence-electron chi connectivity index (χ4n) is 0.904. The number of aryl methyl sites for hydroxylation is 1. The van der Waals surface area contributed by atoms with Gasteiger partial charge < -0.3 is 22.7 Å². The van der Waals surface area contributed by atoms with Crippen molar-refractivity contribution in [3.05, 3.63) is 30.1 Å². The van der Waals surface area contributed by atoms with Crippen molar-refractivity contribution in [2.24, 2.45) is 5.73 Å². The molecule has 0 saturated heterocycles. The fourth-order valence-corrected chi connectivity index (χ4v) is 0.904. The summed E-state index contributed by atoms with van der Waals surface area (Å²) in [6.07, 6.45) is 3.22. The molecule has 0 atom stereocenters. The number of primary amides is 1.